The van der Waals surface area contributed by atoms with Crippen LogP contribution in [0.5, 0.6) is 5.75 Å². The van der Waals surface area contributed by atoms with Crippen LogP contribution in [0.15, 0.2) is 40.4 Å². The van der Waals surface area contributed by atoms with Gasteiger partial charge in [-0.2, -0.15) is 4.98 Å². The van der Waals surface area contributed by atoms with Crippen molar-refractivity contribution in [3.8, 4) is 5.75 Å². The molecular weight excluding hydrogens is 348 g/mol. The van der Waals surface area contributed by atoms with Gasteiger partial charge in [-0.25, -0.2) is 9.97 Å². The Kier molecular flexibility index (Phi) is 4.46. The summed E-state index contributed by atoms with van der Waals surface area (Å²) >= 11 is 1.55. The predicted octanol–water partition coefficient (Wildman–Crippen LogP) is 2.83. The van der Waals surface area contributed by atoms with E-state index < -0.39 is 0 Å². The number of aromatic amines is 1. The lowest BCUT2D eigenvalue weighted by atomic mass is 9.91. The fourth-order valence-electron chi connectivity index (χ4n) is 2.96. The zero-order valence-electron chi connectivity index (χ0n) is 14.9. The van der Waals surface area contributed by atoms with Crippen LogP contribution in [0, 0.1) is 0 Å². The van der Waals surface area contributed by atoms with Crippen LogP contribution in [-0.2, 0) is 0 Å². The highest BCUT2D eigenvalue weighted by Gasteiger charge is 2.27. The highest BCUT2D eigenvalue weighted by molar-refractivity contribution is 7.99. The number of ether oxygens (including phenoxy) is 1. The number of nitrogens with one attached hydrogen (secondary N) is 1. The van der Waals surface area contributed by atoms with Gasteiger partial charge in [0.25, 0.3) is 0 Å². The molecule has 0 saturated carbocycles. The number of aromatic nitrogens is 4. The molecule has 0 atom stereocenters. The Labute approximate surface area is 156 Å². The van der Waals surface area contributed by atoms with Crippen LogP contribution < -0.4 is 15.4 Å². The minimum Gasteiger partial charge on any atom is -0.497 e. The summed E-state index contributed by atoms with van der Waals surface area (Å²) in [5.41, 5.74) is 7.48. The second-order valence-corrected chi connectivity index (χ2v) is 7.95. The summed E-state index contributed by atoms with van der Waals surface area (Å²) in [6.07, 6.45) is 3.67. The van der Waals surface area contributed by atoms with E-state index in [0.29, 0.717) is 11.3 Å². The molecule has 0 spiro atoms. The zero-order chi connectivity index (χ0) is 18.1. The smallest absolute Gasteiger partial charge is 0.206 e. The summed E-state index contributed by atoms with van der Waals surface area (Å²) in [6.45, 7) is 3.88. The van der Waals surface area contributed by atoms with E-state index >= 15 is 0 Å². The van der Waals surface area contributed by atoms with E-state index in [0.717, 1.165) is 47.6 Å². The number of imidazole rings is 1. The van der Waals surface area contributed by atoms with E-state index in [1.54, 1.807) is 25.1 Å². The molecule has 1 aromatic carbocycles. The number of methoxy groups -OCH3 is 1. The molecule has 136 valence electrons. The Morgan fingerprint density at radius 1 is 1.19 bits per heavy atom. The second-order valence-electron chi connectivity index (χ2n) is 6.86. The summed E-state index contributed by atoms with van der Waals surface area (Å²) in [4.78, 5) is 20.3. The highest BCUT2D eigenvalue weighted by Crippen LogP contribution is 2.29. The molecule has 7 nitrogen and oxygen atoms in total. The number of nitrogens with zero attached hydrogens (tertiary/aromatic N) is 4. The molecule has 8 heteroatoms. The maximum atomic E-state index is 6.21. The average molecular weight is 370 g/mol. The monoisotopic (exact) mass is 370 g/mol. The Bertz CT molecular complexity index is 898. The van der Waals surface area contributed by atoms with Gasteiger partial charge in [0.15, 0.2) is 11.3 Å². The van der Waals surface area contributed by atoms with Crippen LogP contribution >= 0.6 is 11.8 Å². The molecule has 2 aromatic heterocycles. The number of hydrogen-bond donors (Lipinski definition) is 2. The van der Waals surface area contributed by atoms with Gasteiger partial charge in [0.2, 0.25) is 5.95 Å². The quantitative estimate of drug-likeness (QED) is 0.729. The summed E-state index contributed by atoms with van der Waals surface area (Å²) in [5, 5.41) is 0.814. The summed E-state index contributed by atoms with van der Waals surface area (Å²) in [7, 11) is 1.66. The van der Waals surface area contributed by atoms with Gasteiger partial charge in [-0.05, 0) is 44.0 Å². The third-order valence-electron chi connectivity index (χ3n) is 4.66. The molecule has 3 N–H and O–H groups in total. The molecule has 0 unspecified atom stereocenters. The molecule has 1 saturated heterocycles. The fourth-order valence-corrected chi connectivity index (χ4v) is 3.71. The number of nitrogens with two attached hydrogens (primary N) is 1. The maximum Gasteiger partial charge on any atom is 0.206 e. The number of hydrogen-bond acceptors (Lipinski definition) is 7. The zero-order valence-corrected chi connectivity index (χ0v) is 15.7. The van der Waals surface area contributed by atoms with Crippen molar-refractivity contribution in [3.05, 3.63) is 30.5 Å². The molecule has 0 radical (unpaired) electrons. The maximum absolute atomic E-state index is 6.21. The Hall–Kier alpha value is -2.32. The number of piperidine rings is 1. The number of rotatable bonds is 4. The van der Waals surface area contributed by atoms with Crippen molar-refractivity contribution in [2.75, 3.05) is 25.1 Å². The van der Waals surface area contributed by atoms with Gasteiger partial charge in [0.1, 0.15) is 10.8 Å². The van der Waals surface area contributed by atoms with Gasteiger partial charge in [-0.3, -0.25) is 0 Å². The van der Waals surface area contributed by atoms with Gasteiger partial charge in [0.05, 0.1) is 13.3 Å². The van der Waals surface area contributed by atoms with Gasteiger partial charge in [-0.1, -0.05) is 11.8 Å². The summed E-state index contributed by atoms with van der Waals surface area (Å²) in [5.74, 6) is 1.66. The van der Waals surface area contributed by atoms with Gasteiger partial charge < -0.3 is 20.4 Å². The van der Waals surface area contributed by atoms with Crippen molar-refractivity contribution < 1.29 is 4.74 Å². The highest BCUT2D eigenvalue weighted by atomic mass is 32.2. The van der Waals surface area contributed by atoms with E-state index in [1.807, 2.05) is 24.3 Å². The van der Waals surface area contributed by atoms with Crippen molar-refractivity contribution in [3.63, 3.8) is 0 Å². The molecule has 1 fully saturated rings. The van der Waals surface area contributed by atoms with E-state index in [-0.39, 0.29) is 5.54 Å². The van der Waals surface area contributed by atoms with Crippen molar-refractivity contribution in [1.82, 2.24) is 19.9 Å². The van der Waals surface area contributed by atoms with Crippen molar-refractivity contribution >= 4 is 29.0 Å². The molecule has 3 aromatic rings. The third kappa shape index (κ3) is 3.61. The lowest BCUT2D eigenvalue weighted by Gasteiger charge is -2.36. The SMILES string of the molecule is COc1ccc(Sc2cnc3[nH]c(N4CCC(C)(N)CC4)nc3n2)cc1. The number of fused-ring (bicyclic) bond motifs is 1. The average Bonchev–Trinajstić information content (AvgIpc) is 3.05. The van der Waals surface area contributed by atoms with Crippen LogP contribution in [0.1, 0.15) is 19.8 Å². The Morgan fingerprint density at radius 3 is 2.62 bits per heavy atom. The fraction of sp³-hybridized carbons (Fsp3) is 0.389. The van der Waals surface area contributed by atoms with Crippen molar-refractivity contribution in [2.24, 2.45) is 5.73 Å². The number of anilines is 1. The van der Waals surface area contributed by atoms with E-state index in [1.165, 1.54) is 0 Å². The molecule has 1 aliphatic rings. The first-order valence-electron chi connectivity index (χ1n) is 8.61. The standard InChI is InChI=1S/C18H22N6OS/c1-18(19)7-9-24(10-8-18)17-22-15-16(23-17)21-14(11-20-15)26-13-5-3-12(25-2)4-6-13/h3-6,11H,7-10,19H2,1-2H3,(H,20,21,22,23). The van der Waals surface area contributed by atoms with Crippen molar-refractivity contribution in [2.45, 2.75) is 35.2 Å². The second kappa shape index (κ2) is 6.77. The molecule has 1 aliphatic heterocycles. The van der Waals surface area contributed by atoms with Gasteiger partial charge in [0, 0.05) is 23.5 Å². The van der Waals surface area contributed by atoms with Crippen LogP contribution in [0.3, 0.4) is 0 Å². The normalized spacial score (nSPS) is 16.8. The van der Waals surface area contributed by atoms with Crippen molar-refractivity contribution in [1.29, 1.82) is 0 Å². The number of H-pyrrole nitrogens is 1. The number of benzene rings is 1. The van der Waals surface area contributed by atoms with Crippen LogP contribution in [0.4, 0.5) is 5.95 Å². The first-order chi connectivity index (χ1) is 12.5. The Morgan fingerprint density at radius 2 is 1.92 bits per heavy atom. The van der Waals surface area contributed by atoms with E-state index in [2.05, 4.69) is 31.8 Å². The molecule has 0 amide bonds. The molecule has 0 aliphatic carbocycles. The molecule has 0 bridgehead atoms. The molecule has 3 heterocycles. The van der Waals surface area contributed by atoms with Crippen LogP contribution in [0.25, 0.3) is 11.3 Å². The lowest BCUT2D eigenvalue weighted by Crippen LogP contribution is -2.48. The van der Waals surface area contributed by atoms with E-state index in [4.69, 9.17) is 10.5 Å². The molecular formula is C18H22N6OS. The molecule has 26 heavy (non-hydrogen) atoms. The molecule has 4 rings (SSSR count). The topological polar surface area (TPSA) is 93.0 Å². The predicted molar refractivity (Wildman–Crippen MR) is 103 cm³/mol. The van der Waals surface area contributed by atoms with Gasteiger partial charge >= 0.3 is 0 Å². The first-order valence-corrected chi connectivity index (χ1v) is 9.43. The van der Waals surface area contributed by atoms with E-state index in [9.17, 15) is 0 Å². The summed E-state index contributed by atoms with van der Waals surface area (Å²) in [6, 6.07) is 7.87. The minimum atomic E-state index is -0.0822. The summed E-state index contributed by atoms with van der Waals surface area (Å²) < 4.78 is 5.19. The largest absolute Gasteiger partial charge is 0.497 e. The van der Waals surface area contributed by atoms with Crippen LogP contribution in [-0.4, -0.2) is 45.7 Å². The van der Waals surface area contributed by atoms with Gasteiger partial charge in [-0.15, -0.1) is 0 Å². The minimum absolute atomic E-state index is 0.0822. The third-order valence-corrected chi connectivity index (χ3v) is 5.57. The first kappa shape index (κ1) is 17.1. The van der Waals surface area contributed by atoms with Crippen LogP contribution in [0.2, 0.25) is 0 Å². The Balaban J connectivity index is 1.52. The lowest BCUT2D eigenvalue weighted by molar-refractivity contribution is 0.362.